The van der Waals surface area contributed by atoms with Crippen molar-refractivity contribution in [1.82, 2.24) is 20.4 Å². The Bertz CT molecular complexity index is 273. The van der Waals surface area contributed by atoms with Crippen LogP contribution in [-0.4, -0.2) is 74.1 Å². The fourth-order valence-corrected chi connectivity index (χ4v) is 2.32. The summed E-state index contributed by atoms with van der Waals surface area (Å²) in [6, 6.07) is 0. The molecule has 2 N–H and O–H groups in total. The third kappa shape index (κ3) is 5.89. The molecular formula is C14H30N4O. The molecule has 0 aliphatic carbocycles. The standard InChI is InChI=1S/C14H30N4O/c1-5-16-14(2,3)13(19)15-7-6-8-18-11-9-17(4)10-12-18/h16H,5-12H2,1-4H3,(H,15,19). The summed E-state index contributed by atoms with van der Waals surface area (Å²) >= 11 is 0. The second-order valence-electron chi connectivity index (χ2n) is 5.91. The van der Waals surface area contributed by atoms with Crippen molar-refractivity contribution in [1.29, 1.82) is 0 Å². The van der Waals surface area contributed by atoms with Gasteiger partial charge in [0, 0.05) is 32.7 Å². The first kappa shape index (κ1) is 16.4. The molecule has 0 aromatic rings. The van der Waals surface area contributed by atoms with Gasteiger partial charge in [0.05, 0.1) is 5.54 Å². The van der Waals surface area contributed by atoms with Crippen LogP contribution in [0.2, 0.25) is 0 Å². The molecule has 0 aromatic heterocycles. The van der Waals surface area contributed by atoms with Crippen LogP contribution in [0.3, 0.4) is 0 Å². The minimum absolute atomic E-state index is 0.0905. The Morgan fingerprint density at radius 2 is 1.84 bits per heavy atom. The SMILES string of the molecule is CCNC(C)(C)C(=O)NCCCN1CCN(C)CC1. The molecule has 0 spiro atoms. The molecule has 0 atom stereocenters. The summed E-state index contributed by atoms with van der Waals surface area (Å²) in [6.45, 7) is 13.1. The Balaban J connectivity index is 2.12. The molecule has 1 amide bonds. The van der Waals surface area contributed by atoms with E-state index in [0.717, 1.165) is 52.2 Å². The Labute approximate surface area is 117 Å². The van der Waals surface area contributed by atoms with Gasteiger partial charge in [-0.2, -0.15) is 0 Å². The molecule has 1 rings (SSSR count). The molecule has 1 saturated heterocycles. The average molecular weight is 270 g/mol. The van der Waals surface area contributed by atoms with Crippen LogP contribution < -0.4 is 10.6 Å². The average Bonchev–Trinajstić information content (AvgIpc) is 2.36. The van der Waals surface area contributed by atoms with Crippen LogP contribution in [0.4, 0.5) is 0 Å². The molecule has 112 valence electrons. The van der Waals surface area contributed by atoms with E-state index in [4.69, 9.17) is 0 Å². The quantitative estimate of drug-likeness (QED) is 0.646. The van der Waals surface area contributed by atoms with Crippen LogP contribution >= 0.6 is 0 Å². The first-order valence-corrected chi connectivity index (χ1v) is 7.40. The highest BCUT2D eigenvalue weighted by atomic mass is 16.2. The van der Waals surface area contributed by atoms with Gasteiger partial charge in [-0.1, -0.05) is 6.92 Å². The van der Waals surface area contributed by atoms with Gasteiger partial charge in [0.25, 0.3) is 0 Å². The molecule has 1 fully saturated rings. The third-order valence-electron chi connectivity index (χ3n) is 3.72. The largest absolute Gasteiger partial charge is 0.354 e. The van der Waals surface area contributed by atoms with E-state index in [1.165, 1.54) is 0 Å². The van der Waals surface area contributed by atoms with Crippen molar-refractivity contribution in [2.75, 3.05) is 52.9 Å². The van der Waals surface area contributed by atoms with Gasteiger partial charge in [-0.3, -0.25) is 4.79 Å². The van der Waals surface area contributed by atoms with E-state index < -0.39 is 5.54 Å². The fourth-order valence-electron chi connectivity index (χ4n) is 2.32. The summed E-state index contributed by atoms with van der Waals surface area (Å²) in [5.74, 6) is 0.0905. The smallest absolute Gasteiger partial charge is 0.239 e. The van der Waals surface area contributed by atoms with E-state index in [-0.39, 0.29) is 5.91 Å². The van der Waals surface area contributed by atoms with E-state index in [2.05, 4.69) is 27.5 Å². The lowest BCUT2D eigenvalue weighted by Crippen LogP contribution is -2.53. The summed E-state index contributed by atoms with van der Waals surface area (Å²) in [5, 5.41) is 6.21. The molecule has 5 nitrogen and oxygen atoms in total. The molecule has 0 saturated carbocycles. The van der Waals surface area contributed by atoms with Crippen molar-refractivity contribution < 1.29 is 4.79 Å². The Morgan fingerprint density at radius 1 is 1.21 bits per heavy atom. The van der Waals surface area contributed by atoms with Gasteiger partial charge in [-0.15, -0.1) is 0 Å². The highest BCUT2D eigenvalue weighted by molar-refractivity contribution is 5.85. The molecule has 5 heteroatoms. The summed E-state index contributed by atoms with van der Waals surface area (Å²) in [4.78, 5) is 16.8. The second kappa shape index (κ2) is 7.82. The molecule has 0 unspecified atom stereocenters. The number of carbonyl (C=O) groups is 1. The first-order chi connectivity index (χ1) is 8.95. The summed E-state index contributed by atoms with van der Waals surface area (Å²) in [7, 11) is 2.17. The van der Waals surface area contributed by atoms with Gasteiger partial charge in [0.15, 0.2) is 0 Å². The van der Waals surface area contributed by atoms with E-state index in [9.17, 15) is 4.79 Å². The maximum absolute atomic E-state index is 12.0. The fraction of sp³-hybridized carbons (Fsp3) is 0.929. The molecular weight excluding hydrogens is 240 g/mol. The number of rotatable bonds is 7. The predicted octanol–water partition coefficient (Wildman–Crippen LogP) is 0.128. The van der Waals surface area contributed by atoms with E-state index >= 15 is 0 Å². The maximum atomic E-state index is 12.0. The highest BCUT2D eigenvalue weighted by Gasteiger charge is 2.25. The highest BCUT2D eigenvalue weighted by Crippen LogP contribution is 2.02. The molecule has 1 aliphatic heterocycles. The molecule has 1 aliphatic rings. The predicted molar refractivity (Wildman–Crippen MR) is 79.3 cm³/mol. The van der Waals surface area contributed by atoms with Gasteiger partial charge in [0.1, 0.15) is 0 Å². The van der Waals surface area contributed by atoms with Crippen molar-refractivity contribution in [2.45, 2.75) is 32.7 Å². The van der Waals surface area contributed by atoms with E-state index in [0.29, 0.717) is 0 Å². The van der Waals surface area contributed by atoms with Crippen molar-refractivity contribution in [3.63, 3.8) is 0 Å². The van der Waals surface area contributed by atoms with Crippen molar-refractivity contribution in [3.05, 3.63) is 0 Å². The molecule has 0 bridgehead atoms. The topological polar surface area (TPSA) is 47.6 Å². The van der Waals surface area contributed by atoms with Crippen molar-refractivity contribution in [3.8, 4) is 0 Å². The summed E-state index contributed by atoms with van der Waals surface area (Å²) in [5.41, 5.74) is -0.470. The number of amides is 1. The molecule has 0 aromatic carbocycles. The van der Waals surface area contributed by atoms with Crippen LogP contribution in [0.15, 0.2) is 0 Å². The van der Waals surface area contributed by atoms with Crippen molar-refractivity contribution >= 4 is 5.91 Å². The van der Waals surface area contributed by atoms with Crippen LogP contribution in [0, 0.1) is 0 Å². The van der Waals surface area contributed by atoms with Gasteiger partial charge in [-0.25, -0.2) is 0 Å². The number of carbonyl (C=O) groups excluding carboxylic acids is 1. The number of hydrogen-bond donors (Lipinski definition) is 2. The van der Waals surface area contributed by atoms with Gasteiger partial charge >= 0.3 is 0 Å². The zero-order valence-electron chi connectivity index (χ0n) is 13.0. The van der Waals surface area contributed by atoms with Crippen LogP contribution in [0.1, 0.15) is 27.2 Å². The molecule has 0 radical (unpaired) electrons. The zero-order valence-corrected chi connectivity index (χ0v) is 13.0. The minimum atomic E-state index is -0.470. The lowest BCUT2D eigenvalue weighted by Gasteiger charge is -2.32. The molecule has 1 heterocycles. The Morgan fingerprint density at radius 3 is 2.42 bits per heavy atom. The Kier molecular flexibility index (Phi) is 6.75. The van der Waals surface area contributed by atoms with Gasteiger partial charge in [-0.05, 0) is 40.4 Å². The van der Waals surface area contributed by atoms with Crippen LogP contribution in [-0.2, 0) is 4.79 Å². The molecule has 19 heavy (non-hydrogen) atoms. The Hall–Kier alpha value is -0.650. The summed E-state index contributed by atoms with van der Waals surface area (Å²) in [6.07, 6.45) is 1.03. The normalized spacial score (nSPS) is 18.5. The number of nitrogens with one attached hydrogen (secondary N) is 2. The first-order valence-electron chi connectivity index (χ1n) is 7.40. The van der Waals surface area contributed by atoms with Gasteiger partial charge in [0.2, 0.25) is 5.91 Å². The minimum Gasteiger partial charge on any atom is -0.354 e. The van der Waals surface area contributed by atoms with Crippen LogP contribution in [0.25, 0.3) is 0 Å². The van der Waals surface area contributed by atoms with E-state index in [1.807, 2.05) is 20.8 Å². The number of likely N-dealkylation sites (N-methyl/N-ethyl adjacent to an activating group) is 2. The van der Waals surface area contributed by atoms with E-state index in [1.54, 1.807) is 0 Å². The van der Waals surface area contributed by atoms with Crippen LogP contribution in [0.5, 0.6) is 0 Å². The van der Waals surface area contributed by atoms with Gasteiger partial charge < -0.3 is 20.4 Å². The lowest BCUT2D eigenvalue weighted by molar-refractivity contribution is -0.126. The number of piperazine rings is 1. The number of hydrogen-bond acceptors (Lipinski definition) is 4. The van der Waals surface area contributed by atoms with Crippen molar-refractivity contribution in [2.24, 2.45) is 0 Å². The third-order valence-corrected chi connectivity index (χ3v) is 3.72. The number of nitrogens with zero attached hydrogens (tertiary/aromatic N) is 2. The maximum Gasteiger partial charge on any atom is 0.239 e. The lowest BCUT2D eigenvalue weighted by atomic mass is 10.0. The zero-order chi connectivity index (χ0) is 14.3. The monoisotopic (exact) mass is 270 g/mol. The summed E-state index contributed by atoms with van der Waals surface area (Å²) < 4.78 is 0. The second-order valence-corrected chi connectivity index (χ2v) is 5.91.